The third-order valence-electron chi connectivity index (χ3n) is 3.52. The number of benzene rings is 1. The summed E-state index contributed by atoms with van der Waals surface area (Å²) in [7, 11) is 0. The van der Waals surface area contributed by atoms with Crippen LogP contribution >= 0.6 is 0 Å². The summed E-state index contributed by atoms with van der Waals surface area (Å²) in [5.74, 6) is 0.430. The molecule has 0 saturated carbocycles. The third kappa shape index (κ3) is 1.95. The summed E-state index contributed by atoms with van der Waals surface area (Å²) in [6.07, 6.45) is 0. The van der Waals surface area contributed by atoms with Gasteiger partial charge in [0.25, 0.3) is 0 Å². The minimum absolute atomic E-state index is 0.0831. The predicted octanol–water partition coefficient (Wildman–Crippen LogP) is -0.387. The molecule has 1 atom stereocenters. The molecule has 0 spiro atoms. The van der Waals surface area contributed by atoms with Gasteiger partial charge in [0.05, 0.1) is 0 Å². The van der Waals surface area contributed by atoms with Crippen LogP contribution in [0.5, 0.6) is 5.75 Å². The van der Waals surface area contributed by atoms with E-state index in [0.29, 0.717) is 19.7 Å². The second-order valence-electron chi connectivity index (χ2n) is 4.95. The minimum Gasteiger partial charge on any atom is -0.492 e. The SMILES string of the molecule is O=C(NCC1(O)CNC1)C1COc2ccccc21. The molecular formula is C13H16N2O3. The molecule has 0 bridgehead atoms. The number of ether oxygens (including phenoxy) is 1. The van der Waals surface area contributed by atoms with Crippen LogP contribution in [-0.2, 0) is 4.79 Å². The fourth-order valence-corrected chi connectivity index (χ4v) is 2.29. The van der Waals surface area contributed by atoms with Crippen LogP contribution in [0.15, 0.2) is 24.3 Å². The second kappa shape index (κ2) is 4.26. The van der Waals surface area contributed by atoms with Gasteiger partial charge in [0.2, 0.25) is 5.91 Å². The molecule has 1 aromatic carbocycles. The second-order valence-corrected chi connectivity index (χ2v) is 4.95. The van der Waals surface area contributed by atoms with Gasteiger partial charge in [0.1, 0.15) is 23.9 Å². The van der Waals surface area contributed by atoms with Crippen molar-refractivity contribution in [3.8, 4) is 5.75 Å². The van der Waals surface area contributed by atoms with E-state index < -0.39 is 5.60 Å². The van der Waals surface area contributed by atoms with Gasteiger partial charge in [-0.2, -0.15) is 0 Å². The number of fused-ring (bicyclic) bond motifs is 1. The molecule has 1 aromatic rings. The van der Waals surface area contributed by atoms with E-state index in [1.807, 2.05) is 24.3 Å². The van der Waals surface area contributed by atoms with Crippen LogP contribution in [0.2, 0.25) is 0 Å². The van der Waals surface area contributed by atoms with Crippen LogP contribution in [0.3, 0.4) is 0 Å². The van der Waals surface area contributed by atoms with Crippen LogP contribution < -0.4 is 15.4 Å². The molecular weight excluding hydrogens is 232 g/mol. The Morgan fingerprint density at radius 3 is 3.00 bits per heavy atom. The standard InChI is InChI=1S/C13H16N2O3/c16-12(15-8-13(17)6-14-7-13)10-5-18-11-4-2-1-3-9(10)11/h1-4,10,14,17H,5-8H2,(H,15,16). The third-order valence-corrected chi connectivity index (χ3v) is 3.52. The molecule has 1 fully saturated rings. The summed E-state index contributed by atoms with van der Waals surface area (Å²) < 4.78 is 5.47. The molecule has 5 nitrogen and oxygen atoms in total. The van der Waals surface area contributed by atoms with E-state index in [4.69, 9.17) is 4.74 Å². The molecule has 1 saturated heterocycles. The molecule has 2 aliphatic heterocycles. The van der Waals surface area contributed by atoms with Crippen molar-refractivity contribution in [2.45, 2.75) is 11.5 Å². The van der Waals surface area contributed by atoms with Crippen molar-refractivity contribution in [2.75, 3.05) is 26.2 Å². The molecule has 96 valence electrons. The lowest BCUT2D eigenvalue weighted by Crippen LogP contribution is -2.64. The van der Waals surface area contributed by atoms with E-state index in [0.717, 1.165) is 11.3 Å². The Labute approximate surface area is 105 Å². The van der Waals surface area contributed by atoms with Gasteiger partial charge in [0, 0.05) is 25.2 Å². The topological polar surface area (TPSA) is 70.6 Å². The lowest BCUT2D eigenvalue weighted by molar-refractivity contribution is -0.124. The number of hydrogen-bond acceptors (Lipinski definition) is 4. The molecule has 1 unspecified atom stereocenters. The molecule has 0 radical (unpaired) electrons. The average molecular weight is 248 g/mol. The highest BCUT2D eigenvalue weighted by molar-refractivity contribution is 5.85. The Kier molecular flexibility index (Phi) is 2.72. The van der Waals surface area contributed by atoms with Crippen molar-refractivity contribution in [1.29, 1.82) is 0 Å². The summed E-state index contributed by atoms with van der Waals surface area (Å²) in [6, 6.07) is 7.57. The highest BCUT2D eigenvalue weighted by Gasteiger charge is 2.36. The smallest absolute Gasteiger partial charge is 0.231 e. The van der Waals surface area contributed by atoms with Crippen molar-refractivity contribution in [3.63, 3.8) is 0 Å². The number of rotatable bonds is 3. The summed E-state index contributed by atoms with van der Waals surface area (Å²) in [5, 5.41) is 15.7. The average Bonchev–Trinajstić information content (AvgIpc) is 2.77. The largest absolute Gasteiger partial charge is 0.492 e. The predicted molar refractivity (Wildman–Crippen MR) is 65.5 cm³/mol. The monoisotopic (exact) mass is 248 g/mol. The Morgan fingerprint density at radius 2 is 2.28 bits per heavy atom. The molecule has 3 N–H and O–H groups in total. The number of carbonyl (C=O) groups excluding carboxylic acids is 1. The number of β-amino-alcohol motifs (C(OH)–C–C–N with tert-alkyl or cyclic N) is 1. The van der Waals surface area contributed by atoms with Gasteiger partial charge in [-0.05, 0) is 6.07 Å². The number of hydrogen-bond donors (Lipinski definition) is 3. The van der Waals surface area contributed by atoms with Crippen LogP contribution in [-0.4, -0.2) is 42.9 Å². The van der Waals surface area contributed by atoms with E-state index in [2.05, 4.69) is 10.6 Å². The van der Waals surface area contributed by atoms with E-state index in [-0.39, 0.29) is 18.4 Å². The first-order valence-corrected chi connectivity index (χ1v) is 6.10. The number of carbonyl (C=O) groups is 1. The first-order chi connectivity index (χ1) is 8.68. The fourth-order valence-electron chi connectivity index (χ4n) is 2.29. The Bertz CT molecular complexity index is 471. The normalized spacial score (nSPS) is 23.7. The molecule has 1 amide bonds. The quantitative estimate of drug-likeness (QED) is 0.681. The fraction of sp³-hybridized carbons (Fsp3) is 0.462. The number of nitrogens with one attached hydrogen (secondary N) is 2. The first kappa shape index (κ1) is 11.5. The van der Waals surface area contributed by atoms with Crippen molar-refractivity contribution in [3.05, 3.63) is 29.8 Å². The number of aliphatic hydroxyl groups is 1. The highest BCUT2D eigenvalue weighted by atomic mass is 16.5. The van der Waals surface area contributed by atoms with E-state index >= 15 is 0 Å². The van der Waals surface area contributed by atoms with E-state index in [1.165, 1.54) is 0 Å². The summed E-state index contributed by atoms with van der Waals surface area (Å²) in [5.41, 5.74) is 0.142. The van der Waals surface area contributed by atoms with E-state index in [1.54, 1.807) is 0 Å². The Hall–Kier alpha value is -1.59. The van der Waals surface area contributed by atoms with Gasteiger partial charge in [0.15, 0.2) is 0 Å². The minimum atomic E-state index is -0.783. The van der Waals surface area contributed by atoms with Gasteiger partial charge in [-0.15, -0.1) is 0 Å². The maximum Gasteiger partial charge on any atom is 0.231 e. The summed E-state index contributed by atoms with van der Waals surface area (Å²) in [4.78, 5) is 12.1. The van der Waals surface area contributed by atoms with Gasteiger partial charge in [-0.1, -0.05) is 18.2 Å². The number of para-hydroxylation sites is 1. The Balaban J connectivity index is 1.64. The van der Waals surface area contributed by atoms with Gasteiger partial charge >= 0.3 is 0 Å². The molecule has 0 aliphatic carbocycles. The molecule has 3 rings (SSSR count). The lowest BCUT2D eigenvalue weighted by atomic mass is 9.96. The van der Waals surface area contributed by atoms with Gasteiger partial charge in [-0.3, -0.25) is 4.79 Å². The van der Waals surface area contributed by atoms with Gasteiger partial charge < -0.3 is 20.5 Å². The van der Waals surface area contributed by atoms with Crippen molar-refractivity contribution in [1.82, 2.24) is 10.6 Å². The zero-order chi connectivity index (χ0) is 12.6. The van der Waals surface area contributed by atoms with E-state index in [9.17, 15) is 9.90 Å². The maximum atomic E-state index is 12.1. The first-order valence-electron chi connectivity index (χ1n) is 6.10. The summed E-state index contributed by atoms with van der Waals surface area (Å²) >= 11 is 0. The van der Waals surface area contributed by atoms with Crippen molar-refractivity contribution in [2.24, 2.45) is 0 Å². The molecule has 0 aromatic heterocycles. The molecule has 18 heavy (non-hydrogen) atoms. The number of amides is 1. The zero-order valence-corrected chi connectivity index (χ0v) is 9.98. The highest BCUT2D eigenvalue weighted by Crippen LogP contribution is 2.33. The molecule has 2 aliphatic rings. The van der Waals surface area contributed by atoms with Crippen molar-refractivity contribution < 1.29 is 14.6 Å². The van der Waals surface area contributed by atoms with Crippen LogP contribution in [0.4, 0.5) is 0 Å². The van der Waals surface area contributed by atoms with Crippen LogP contribution in [0.1, 0.15) is 11.5 Å². The maximum absolute atomic E-state index is 12.1. The van der Waals surface area contributed by atoms with Crippen molar-refractivity contribution >= 4 is 5.91 Å². The molecule has 5 heteroatoms. The lowest BCUT2D eigenvalue weighted by Gasteiger charge is -2.37. The zero-order valence-electron chi connectivity index (χ0n) is 9.98. The Morgan fingerprint density at radius 1 is 1.50 bits per heavy atom. The molecule has 2 heterocycles. The van der Waals surface area contributed by atoms with Crippen LogP contribution in [0, 0.1) is 0 Å². The van der Waals surface area contributed by atoms with Gasteiger partial charge in [-0.25, -0.2) is 0 Å². The van der Waals surface area contributed by atoms with Crippen LogP contribution in [0.25, 0.3) is 0 Å². The summed E-state index contributed by atoms with van der Waals surface area (Å²) in [6.45, 7) is 1.73.